The van der Waals surface area contributed by atoms with Crippen molar-refractivity contribution in [1.82, 2.24) is 10.2 Å². The van der Waals surface area contributed by atoms with E-state index in [2.05, 4.69) is 26.1 Å². The van der Waals surface area contributed by atoms with E-state index in [1.165, 1.54) is 0 Å². The molecule has 2 rings (SSSR count). The summed E-state index contributed by atoms with van der Waals surface area (Å²) in [5, 5.41) is 12.1. The molecule has 25 heavy (non-hydrogen) atoms. The number of nitrogens with one attached hydrogen (secondary N) is 1. The number of carbonyl (C=O) groups is 2. The molecule has 138 valence electrons. The van der Waals surface area contributed by atoms with Crippen molar-refractivity contribution in [2.24, 2.45) is 5.92 Å². The van der Waals surface area contributed by atoms with Gasteiger partial charge in [0.2, 0.25) is 5.91 Å². The average molecular weight is 346 g/mol. The van der Waals surface area contributed by atoms with Crippen LogP contribution in [0.25, 0.3) is 0 Å². The number of hydrogen-bond donors (Lipinski definition) is 2. The van der Waals surface area contributed by atoms with Crippen LogP contribution in [0.4, 0.5) is 0 Å². The van der Waals surface area contributed by atoms with Crippen LogP contribution in [0.15, 0.2) is 24.3 Å². The van der Waals surface area contributed by atoms with Crippen molar-refractivity contribution in [2.45, 2.75) is 52.0 Å². The number of amides is 2. The van der Waals surface area contributed by atoms with E-state index in [1.54, 1.807) is 17.0 Å². The minimum absolute atomic E-state index is 0.00545. The Labute approximate surface area is 150 Å². The summed E-state index contributed by atoms with van der Waals surface area (Å²) < 4.78 is 0. The zero-order valence-electron chi connectivity index (χ0n) is 15.7. The summed E-state index contributed by atoms with van der Waals surface area (Å²) >= 11 is 0. The highest BCUT2D eigenvalue weighted by Gasteiger charge is 2.35. The van der Waals surface area contributed by atoms with Gasteiger partial charge in [0.15, 0.2) is 0 Å². The summed E-state index contributed by atoms with van der Waals surface area (Å²) in [6.45, 7) is 9.15. The Morgan fingerprint density at radius 2 is 1.88 bits per heavy atom. The zero-order chi connectivity index (χ0) is 18.6. The lowest BCUT2D eigenvalue weighted by Crippen LogP contribution is -2.44. The molecule has 1 heterocycles. The van der Waals surface area contributed by atoms with Gasteiger partial charge in [-0.3, -0.25) is 9.59 Å². The van der Waals surface area contributed by atoms with Gasteiger partial charge in [0.1, 0.15) is 0 Å². The molecule has 1 aliphatic rings. The second kappa shape index (κ2) is 8.00. The zero-order valence-corrected chi connectivity index (χ0v) is 15.7. The third kappa shape index (κ3) is 4.60. The molecule has 1 aromatic carbocycles. The van der Waals surface area contributed by atoms with Crippen LogP contribution >= 0.6 is 0 Å². The van der Waals surface area contributed by atoms with Gasteiger partial charge >= 0.3 is 0 Å². The summed E-state index contributed by atoms with van der Waals surface area (Å²) in [5.41, 5.74) is 1.76. The van der Waals surface area contributed by atoms with Gasteiger partial charge in [0.05, 0.1) is 6.54 Å². The molecule has 2 atom stereocenters. The minimum Gasteiger partial charge on any atom is -0.396 e. The lowest BCUT2D eigenvalue weighted by Gasteiger charge is -2.26. The Kier molecular flexibility index (Phi) is 6.22. The normalized spacial score (nSPS) is 20.6. The minimum atomic E-state index is -0.236. The van der Waals surface area contributed by atoms with Crippen molar-refractivity contribution < 1.29 is 14.7 Å². The molecule has 1 fully saturated rings. The lowest BCUT2D eigenvalue weighted by molar-refractivity contribution is -0.131. The summed E-state index contributed by atoms with van der Waals surface area (Å²) in [7, 11) is 0. The predicted molar refractivity (Wildman–Crippen MR) is 98.5 cm³/mol. The maximum Gasteiger partial charge on any atom is 0.251 e. The van der Waals surface area contributed by atoms with Crippen molar-refractivity contribution in [3.05, 3.63) is 35.4 Å². The predicted octanol–water partition coefficient (Wildman–Crippen LogP) is 2.33. The topological polar surface area (TPSA) is 69.6 Å². The largest absolute Gasteiger partial charge is 0.396 e. The third-order valence-corrected chi connectivity index (χ3v) is 5.07. The van der Waals surface area contributed by atoms with Gasteiger partial charge in [-0.25, -0.2) is 0 Å². The van der Waals surface area contributed by atoms with Crippen molar-refractivity contribution in [3.8, 4) is 0 Å². The molecule has 1 aromatic rings. The van der Waals surface area contributed by atoms with Crippen molar-refractivity contribution >= 4 is 11.8 Å². The fraction of sp³-hybridized carbons (Fsp3) is 0.600. The molecule has 1 aliphatic heterocycles. The summed E-state index contributed by atoms with van der Waals surface area (Å²) in [4.78, 5) is 26.5. The van der Waals surface area contributed by atoms with Crippen LogP contribution in [0.2, 0.25) is 0 Å². The van der Waals surface area contributed by atoms with Gasteiger partial charge < -0.3 is 15.3 Å². The monoisotopic (exact) mass is 346 g/mol. The molecule has 2 N–H and O–H groups in total. The summed E-state index contributed by atoms with van der Waals surface area (Å²) in [5.74, 6) is -0.170. The van der Waals surface area contributed by atoms with E-state index in [4.69, 9.17) is 0 Å². The van der Waals surface area contributed by atoms with Crippen LogP contribution in [0.5, 0.6) is 0 Å². The van der Waals surface area contributed by atoms with Gasteiger partial charge in [-0.1, -0.05) is 39.8 Å². The van der Waals surface area contributed by atoms with Gasteiger partial charge in [0, 0.05) is 30.7 Å². The maximum absolute atomic E-state index is 12.4. The van der Waals surface area contributed by atoms with Crippen LogP contribution in [0, 0.1) is 5.92 Å². The molecular weight excluding hydrogens is 316 g/mol. The Hall–Kier alpha value is -1.88. The Balaban J connectivity index is 1.92. The number of likely N-dealkylation sites (tertiary alicyclic amines) is 1. The molecule has 0 aromatic heterocycles. The number of aliphatic hydroxyl groups is 1. The van der Waals surface area contributed by atoms with E-state index in [1.807, 2.05) is 19.1 Å². The average Bonchev–Trinajstić information content (AvgIpc) is 3.01. The summed E-state index contributed by atoms with van der Waals surface area (Å²) in [6.07, 6.45) is 1.64. The van der Waals surface area contributed by atoms with E-state index in [-0.39, 0.29) is 42.3 Å². The number of hydrogen-bond acceptors (Lipinski definition) is 3. The Morgan fingerprint density at radius 3 is 2.40 bits per heavy atom. The van der Waals surface area contributed by atoms with Crippen molar-refractivity contribution in [1.29, 1.82) is 0 Å². The number of benzene rings is 1. The molecular formula is C20H30N2O3. The second-order valence-electron chi connectivity index (χ2n) is 7.80. The van der Waals surface area contributed by atoms with Crippen molar-refractivity contribution in [2.75, 3.05) is 19.7 Å². The van der Waals surface area contributed by atoms with Crippen LogP contribution < -0.4 is 5.32 Å². The van der Waals surface area contributed by atoms with Gasteiger partial charge in [-0.2, -0.15) is 0 Å². The van der Waals surface area contributed by atoms with Gasteiger partial charge in [0.25, 0.3) is 5.91 Å². The van der Waals surface area contributed by atoms with Crippen LogP contribution in [-0.4, -0.2) is 47.6 Å². The van der Waals surface area contributed by atoms with Crippen LogP contribution in [0.3, 0.4) is 0 Å². The number of aliphatic hydroxyl groups excluding tert-OH is 1. The smallest absolute Gasteiger partial charge is 0.251 e. The molecule has 0 unspecified atom stereocenters. The van der Waals surface area contributed by atoms with Gasteiger partial charge in [-0.15, -0.1) is 0 Å². The quantitative estimate of drug-likeness (QED) is 0.860. The van der Waals surface area contributed by atoms with E-state index in [0.29, 0.717) is 12.1 Å². The third-order valence-electron chi connectivity index (χ3n) is 5.07. The first-order valence-corrected chi connectivity index (χ1v) is 9.07. The van der Waals surface area contributed by atoms with E-state index in [0.717, 1.165) is 18.4 Å². The molecule has 0 radical (unpaired) electrons. The molecule has 0 aliphatic carbocycles. The van der Waals surface area contributed by atoms with E-state index < -0.39 is 0 Å². The van der Waals surface area contributed by atoms with E-state index in [9.17, 15) is 14.7 Å². The van der Waals surface area contributed by atoms with Crippen LogP contribution in [0.1, 0.15) is 56.5 Å². The fourth-order valence-electron chi connectivity index (χ4n) is 3.48. The molecule has 5 nitrogen and oxygen atoms in total. The Bertz CT molecular complexity index is 604. The lowest BCUT2D eigenvalue weighted by atomic mass is 9.87. The highest BCUT2D eigenvalue weighted by atomic mass is 16.3. The number of nitrogens with zero attached hydrogens (tertiary/aromatic N) is 1. The first-order chi connectivity index (χ1) is 11.8. The maximum atomic E-state index is 12.4. The highest BCUT2D eigenvalue weighted by molar-refractivity contribution is 5.96. The molecule has 5 heteroatoms. The highest BCUT2D eigenvalue weighted by Crippen LogP contribution is 2.26. The molecule has 0 saturated carbocycles. The second-order valence-corrected chi connectivity index (χ2v) is 7.80. The Morgan fingerprint density at radius 1 is 1.24 bits per heavy atom. The first kappa shape index (κ1) is 19.4. The molecule has 1 saturated heterocycles. The number of carbonyl (C=O) groups excluding carboxylic acids is 2. The summed E-state index contributed by atoms with van der Waals surface area (Å²) in [6, 6.07) is 7.58. The number of rotatable bonds is 5. The molecule has 0 spiro atoms. The fourth-order valence-corrected chi connectivity index (χ4v) is 3.48. The standard InChI is InChI=1S/C20H30N2O3/c1-5-17-15(13-23)10-11-22(17)18(24)12-21-19(25)14-6-8-16(9-7-14)20(2,3)4/h6-9,15,17,23H,5,10-13H2,1-4H3,(H,21,25)/t15-,17-/m1/s1. The first-order valence-electron chi connectivity index (χ1n) is 9.07. The molecule has 2 amide bonds. The molecule has 0 bridgehead atoms. The van der Waals surface area contributed by atoms with Crippen LogP contribution in [-0.2, 0) is 10.2 Å². The van der Waals surface area contributed by atoms with Crippen molar-refractivity contribution in [3.63, 3.8) is 0 Å². The van der Waals surface area contributed by atoms with Gasteiger partial charge in [-0.05, 0) is 36.0 Å². The van der Waals surface area contributed by atoms with E-state index >= 15 is 0 Å². The SMILES string of the molecule is CC[C@@H]1[C@@H](CO)CCN1C(=O)CNC(=O)c1ccc(C(C)(C)C)cc1.